The third-order valence-corrected chi connectivity index (χ3v) is 6.93. The number of nitrogens with two attached hydrogens (primary N) is 1. The Morgan fingerprint density at radius 1 is 1.00 bits per heavy atom. The van der Waals surface area contributed by atoms with Crippen LogP contribution in [-0.4, -0.2) is 54.1 Å². The molecule has 0 aromatic heterocycles. The summed E-state index contributed by atoms with van der Waals surface area (Å²) in [6.45, 7) is 5.12. The fourth-order valence-electron chi connectivity index (χ4n) is 5.19. The molecule has 6 nitrogen and oxygen atoms in total. The first-order valence-corrected chi connectivity index (χ1v) is 10.2. The summed E-state index contributed by atoms with van der Waals surface area (Å²) < 4.78 is 0. The second kappa shape index (κ2) is 7.17. The van der Waals surface area contributed by atoms with Gasteiger partial charge < -0.3 is 15.5 Å². The molecule has 0 saturated carbocycles. The van der Waals surface area contributed by atoms with Gasteiger partial charge in [-0.3, -0.25) is 14.4 Å². The maximum Gasteiger partial charge on any atom is 0.278 e. The van der Waals surface area contributed by atoms with Crippen molar-refractivity contribution in [1.82, 2.24) is 4.90 Å². The largest absolute Gasteiger partial charge is 0.374 e. The molecule has 2 aliphatic heterocycles. The van der Waals surface area contributed by atoms with E-state index in [9.17, 15) is 14.4 Å². The second-order valence-electron chi connectivity index (χ2n) is 8.26. The number of ketones is 2. The standard InChI is InChI=1S/C22H27N3O3/c1-15(18-19(26)16-7-3-4-8-17(16)20(18)27)24-13-9-22(10-14-24,21(23)28)25-11-5-2-6-12-25/h3-4,7-8H,2,5-6,9-14H2,1H3,(H2,23,28)/p+1. The average molecular weight is 382 g/mol. The number of quaternary nitrogens is 1. The number of hydrogen-bond acceptors (Lipinski definition) is 4. The van der Waals surface area contributed by atoms with Crippen molar-refractivity contribution >= 4 is 17.5 Å². The fourth-order valence-corrected chi connectivity index (χ4v) is 5.19. The molecule has 1 aromatic carbocycles. The van der Waals surface area contributed by atoms with E-state index in [0.717, 1.165) is 31.6 Å². The van der Waals surface area contributed by atoms with Gasteiger partial charge in [0.2, 0.25) is 0 Å². The van der Waals surface area contributed by atoms with Gasteiger partial charge in [0.05, 0.1) is 18.7 Å². The molecule has 2 fully saturated rings. The van der Waals surface area contributed by atoms with Gasteiger partial charge in [0, 0.05) is 42.8 Å². The SMILES string of the molecule is CC(=C1C(=O)c2ccccc2C1=O)N1CCC(C(N)=O)([NH+]2CCCCC2)CC1. The molecule has 28 heavy (non-hydrogen) atoms. The molecule has 1 aliphatic carbocycles. The predicted octanol–water partition coefficient (Wildman–Crippen LogP) is 0.728. The van der Waals surface area contributed by atoms with Crippen molar-refractivity contribution in [3.8, 4) is 0 Å². The Morgan fingerprint density at radius 3 is 2.04 bits per heavy atom. The lowest BCUT2D eigenvalue weighted by molar-refractivity contribution is -0.948. The van der Waals surface area contributed by atoms with Gasteiger partial charge in [-0.15, -0.1) is 0 Å². The van der Waals surface area contributed by atoms with E-state index in [1.54, 1.807) is 24.3 Å². The van der Waals surface area contributed by atoms with Gasteiger partial charge in [-0.1, -0.05) is 24.3 Å². The summed E-state index contributed by atoms with van der Waals surface area (Å²) >= 11 is 0. The highest BCUT2D eigenvalue weighted by Gasteiger charge is 2.49. The number of carbonyl (C=O) groups is 3. The van der Waals surface area contributed by atoms with Crippen LogP contribution in [0.15, 0.2) is 35.5 Å². The van der Waals surface area contributed by atoms with Crippen molar-refractivity contribution in [2.24, 2.45) is 5.73 Å². The van der Waals surface area contributed by atoms with Crippen LogP contribution in [0.3, 0.4) is 0 Å². The Labute approximate surface area is 165 Å². The Hall–Kier alpha value is -2.47. The van der Waals surface area contributed by atoms with Crippen LogP contribution in [0.1, 0.15) is 59.7 Å². The zero-order valence-electron chi connectivity index (χ0n) is 16.4. The van der Waals surface area contributed by atoms with Crippen LogP contribution in [0.4, 0.5) is 0 Å². The zero-order chi connectivity index (χ0) is 19.9. The molecule has 6 heteroatoms. The maximum atomic E-state index is 12.8. The normalized spacial score (nSPS) is 22.3. The van der Waals surface area contributed by atoms with Crippen LogP contribution in [0.2, 0.25) is 0 Å². The second-order valence-corrected chi connectivity index (χ2v) is 8.26. The molecule has 1 aromatic rings. The summed E-state index contributed by atoms with van der Waals surface area (Å²) in [6, 6.07) is 6.99. The number of rotatable bonds is 3. The molecule has 4 rings (SSSR count). The number of amides is 1. The number of nitrogens with one attached hydrogen (secondary N) is 1. The van der Waals surface area contributed by atoms with Gasteiger partial charge in [0.25, 0.3) is 5.91 Å². The van der Waals surface area contributed by atoms with Crippen molar-refractivity contribution in [3.63, 3.8) is 0 Å². The van der Waals surface area contributed by atoms with Crippen LogP contribution in [0, 0.1) is 0 Å². The van der Waals surface area contributed by atoms with Crippen LogP contribution < -0.4 is 10.6 Å². The molecular weight excluding hydrogens is 354 g/mol. The number of Topliss-reactive ketones (excluding diaryl/α,β-unsaturated/α-hetero) is 2. The van der Waals surface area contributed by atoms with Gasteiger partial charge >= 0.3 is 0 Å². The summed E-state index contributed by atoms with van der Waals surface area (Å²) in [4.78, 5) is 41.4. The molecule has 3 N–H and O–H groups in total. The van der Waals surface area contributed by atoms with Crippen LogP contribution >= 0.6 is 0 Å². The predicted molar refractivity (Wildman–Crippen MR) is 105 cm³/mol. The highest BCUT2D eigenvalue weighted by Crippen LogP contribution is 2.31. The quantitative estimate of drug-likeness (QED) is 0.596. The molecule has 0 radical (unpaired) electrons. The van der Waals surface area contributed by atoms with E-state index >= 15 is 0 Å². The smallest absolute Gasteiger partial charge is 0.278 e. The first-order valence-electron chi connectivity index (χ1n) is 10.2. The number of hydrogen-bond donors (Lipinski definition) is 2. The molecular formula is C22H28N3O3+. The van der Waals surface area contributed by atoms with E-state index in [1.807, 2.05) is 6.92 Å². The topological polar surface area (TPSA) is 84.9 Å². The summed E-state index contributed by atoms with van der Waals surface area (Å²) in [7, 11) is 0. The number of likely N-dealkylation sites (tertiary alicyclic amines) is 2. The number of primary amides is 1. The first-order chi connectivity index (χ1) is 13.5. The highest BCUT2D eigenvalue weighted by atomic mass is 16.2. The average Bonchev–Trinajstić information content (AvgIpc) is 2.99. The van der Waals surface area contributed by atoms with E-state index in [0.29, 0.717) is 37.1 Å². The lowest BCUT2D eigenvalue weighted by atomic mass is 9.83. The minimum Gasteiger partial charge on any atom is -0.374 e. The number of nitrogens with zero attached hydrogens (tertiary/aromatic N) is 1. The Morgan fingerprint density at radius 2 is 1.54 bits per heavy atom. The van der Waals surface area contributed by atoms with Crippen LogP contribution in [-0.2, 0) is 4.79 Å². The van der Waals surface area contributed by atoms with Crippen LogP contribution in [0.5, 0.6) is 0 Å². The molecule has 148 valence electrons. The number of benzene rings is 1. The molecule has 1 amide bonds. The van der Waals surface area contributed by atoms with Crippen molar-refractivity contribution in [2.45, 2.75) is 44.6 Å². The van der Waals surface area contributed by atoms with Crippen molar-refractivity contribution in [1.29, 1.82) is 0 Å². The van der Waals surface area contributed by atoms with Gasteiger partial charge in [0.15, 0.2) is 17.1 Å². The monoisotopic (exact) mass is 382 g/mol. The molecule has 0 atom stereocenters. The molecule has 2 saturated heterocycles. The molecule has 0 unspecified atom stereocenters. The third-order valence-electron chi connectivity index (χ3n) is 6.93. The molecule has 3 aliphatic rings. The van der Waals surface area contributed by atoms with Gasteiger partial charge in [-0.05, 0) is 26.2 Å². The molecule has 2 heterocycles. The van der Waals surface area contributed by atoms with Gasteiger partial charge in [-0.2, -0.15) is 0 Å². The Balaban J connectivity index is 1.56. The first kappa shape index (κ1) is 18.9. The zero-order valence-corrected chi connectivity index (χ0v) is 16.4. The Kier molecular flexibility index (Phi) is 4.83. The fraction of sp³-hybridized carbons (Fsp3) is 0.500. The number of allylic oxidation sites excluding steroid dienone is 2. The minimum atomic E-state index is -0.519. The molecule has 0 spiro atoms. The summed E-state index contributed by atoms with van der Waals surface area (Å²) in [5.41, 5.74) is 7.33. The maximum absolute atomic E-state index is 12.8. The van der Waals surface area contributed by atoms with Crippen molar-refractivity contribution in [3.05, 3.63) is 46.7 Å². The Bertz CT molecular complexity index is 823. The lowest BCUT2D eigenvalue weighted by Gasteiger charge is -2.46. The third kappa shape index (κ3) is 2.87. The summed E-state index contributed by atoms with van der Waals surface area (Å²) in [6.07, 6.45) is 4.83. The van der Waals surface area contributed by atoms with E-state index < -0.39 is 5.54 Å². The number of piperidine rings is 2. The van der Waals surface area contributed by atoms with Crippen molar-refractivity contribution < 1.29 is 19.3 Å². The van der Waals surface area contributed by atoms with Crippen molar-refractivity contribution in [2.75, 3.05) is 26.2 Å². The van der Waals surface area contributed by atoms with E-state index in [4.69, 9.17) is 5.73 Å². The van der Waals surface area contributed by atoms with Crippen LogP contribution in [0.25, 0.3) is 0 Å². The molecule has 0 bridgehead atoms. The van der Waals surface area contributed by atoms with Gasteiger partial charge in [-0.25, -0.2) is 0 Å². The summed E-state index contributed by atoms with van der Waals surface area (Å²) in [5.74, 6) is -0.590. The minimum absolute atomic E-state index is 0.188. The highest BCUT2D eigenvalue weighted by molar-refractivity contribution is 6.39. The van der Waals surface area contributed by atoms with E-state index in [2.05, 4.69) is 4.90 Å². The van der Waals surface area contributed by atoms with E-state index in [-0.39, 0.29) is 23.0 Å². The summed E-state index contributed by atoms with van der Waals surface area (Å²) in [5, 5.41) is 0. The van der Waals surface area contributed by atoms with Gasteiger partial charge in [0.1, 0.15) is 0 Å². The van der Waals surface area contributed by atoms with E-state index in [1.165, 1.54) is 11.3 Å². The lowest BCUT2D eigenvalue weighted by Crippen LogP contribution is -3.22. The number of carbonyl (C=O) groups excluding carboxylic acids is 3. The number of fused-ring (bicyclic) bond motifs is 1.